The first kappa shape index (κ1) is 9.76. The molecule has 0 unspecified atom stereocenters. The quantitative estimate of drug-likeness (QED) is 0.544. The Balaban J connectivity index is 2.76. The number of carbonyl (C=O) groups excluding carboxylic acids is 1. The molecule has 0 aliphatic rings. The van der Waals surface area contributed by atoms with Crippen LogP contribution in [0.1, 0.15) is 10.5 Å². The van der Waals surface area contributed by atoms with Crippen molar-refractivity contribution < 1.29 is 15.0 Å². The van der Waals surface area contributed by atoms with E-state index in [0.29, 0.717) is 0 Å². The molecule has 1 aromatic rings. The smallest absolute Gasteiger partial charge is 0.265 e. The third kappa shape index (κ3) is 2.30. The van der Waals surface area contributed by atoms with Gasteiger partial charge in [-0.1, -0.05) is 0 Å². The number of rotatable bonds is 4. The Hall–Kier alpha value is -1.33. The Kier molecular flexibility index (Phi) is 3.05. The highest BCUT2D eigenvalue weighted by Crippen LogP contribution is 2.01. The van der Waals surface area contributed by atoms with Crippen LogP contribution in [0.2, 0.25) is 0 Å². The van der Waals surface area contributed by atoms with Gasteiger partial charge in [0.2, 0.25) is 0 Å². The van der Waals surface area contributed by atoms with Crippen LogP contribution in [-0.4, -0.2) is 33.4 Å². The van der Waals surface area contributed by atoms with Crippen molar-refractivity contribution in [3.8, 4) is 0 Å². The van der Waals surface area contributed by atoms with Gasteiger partial charge in [-0.3, -0.25) is 4.79 Å². The SMILES string of the molecule is NC(=O)c1[c]ccn1C[C@@H](O)CO. The van der Waals surface area contributed by atoms with Crippen molar-refractivity contribution in [3.05, 3.63) is 24.0 Å². The highest BCUT2D eigenvalue weighted by Gasteiger charge is 2.10. The molecule has 1 rings (SSSR count). The second kappa shape index (κ2) is 4.06. The average molecular weight is 183 g/mol. The van der Waals surface area contributed by atoms with Gasteiger partial charge in [-0.05, 0) is 6.07 Å². The first-order chi connectivity index (χ1) is 6.15. The maximum atomic E-state index is 10.8. The van der Waals surface area contributed by atoms with E-state index in [2.05, 4.69) is 6.07 Å². The van der Waals surface area contributed by atoms with E-state index in [-0.39, 0.29) is 18.8 Å². The second-order valence-corrected chi connectivity index (χ2v) is 2.66. The van der Waals surface area contributed by atoms with Crippen molar-refractivity contribution in [3.63, 3.8) is 0 Å². The van der Waals surface area contributed by atoms with Crippen molar-refractivity contribution in [1.82, 2.24) is 4.57 Å². The summed E-state index contributed by atoms with van der Waals surface area (Å²) in [6.45, 7) is -0.214. The number of amides is 1. The number of aliphatic hydroxyl groups excluding tert-OH is 2. The largest absolute Gasteiger partial charge is 0.394 e. The van der Waals surface area contributed by atoms with Crippen LogP contribution in [0.5, 0.6) is 0 Å². The van der Waals surface area contributed by atoms with E-state index >= 15 is 0 Å². The Morgan fingerprint density at radius 1 is 1.77 bits per heavy atom. The Morgan fingerprint density at radius 3 is 3.00 bits per heavy atom. The maximum Gasteiger partial charge on any atom is 0.265 e. The molecule has 5 nitrogen and oxygen atoms in total. The minimum Gasteiger partial charge on any atom is -0.394 e. The van der Waals surface area contributed by atoms with Crippen molar-refractivity contribution in [1.29, 1.82) is 0 Å². The Bertz CT molecular complexity index is 295. The van der Waals surface area contributed by atoms with E-state index in [4.69, 9.17) is 15.9 Å². The molecule has 71 valence electrons. The third-order valence-corrected chi connectivity index (χ3v) is 1.61. The van der Waals surface area contributed by atoms with E-state index in [9.17, 15) is 4.79 Å². The van der Waals surface area contributed by atoms with Gasteiger partial charge >= 0.3 is 0 Å². The molecule has 1 amide bonds. The van der Waals surface area contributed by atoms with Crippen molar-refractivity contribution >= 4 is 5.91 Å². The van der Waals surface area contributed by atoms with Crippen LogP contribution >= 0.6 is 0 Å². The molecule has 0 aromatic carbocycles. The van der Waals surface area contributed by atoms with Gasteiger partial charge in [0.1, 0.15) is 5.69 Å². The number of aromatic nitrogens is 1. The molecule has 0 aliphatic heterocycles. The first-order valence-electron chi connectivity index (χ1n) is 3.80. The number of hydrogen-bond donors (Lipinski definition) is 3. The molecule has 5 heteroatoms. The molecule has 0 spiro atoms. The third-order valence-electron chi connectivity index (χ3n) is 1.61. The van der Waals surface area contributed by atoms with Crippen LogP contribution in [0, 0.1) is 6.07 Å². The summed E-state index contributed by atoms with van der Waals surface area (Å²) >= 11 is 0. The molecule has 0 aliphatic carbocycles. The lowest BCUT2D eigenvalue weighted by molar-refractivity contribution is 0.0794. The summed E-state index contributed by atoms with van der Waals surface area (Å²) in [5.74, 6) is -0.602. The number of nitrogens with zero attached hydrogens (tertiary/aromatic N) is 1. The summed E-state index contributed by atoms with van der Waals surface area (Å²) in [5, 5.41) is 17.7. The fraction of sp³-hybridized carbons (Fsp3) is 0.375. The summed E-state index contributed by atoms with van der Waals surface area (Å²) in [5.41, 5.74) is 5.24. The summed E-state index contributed by atoms with van der Waals surface area (Å²) < 4.78 is 1.45. The summed E-state index contributed by atoms with van der Waals surface area (Å²) in [4.78, 5) is 10.8. The number of carbonyl (C=O) groups is 1. The standard InChI is InChI=1S/C8H11N2O3/c9-8(13)7-2-1-3-10(7)4-6(12)5-11/h1,3,6,11-12H,4-5H2,(H2,9,13)/t6-/m1/s1. The molecule has 0 saturated heterocycles. The van der Waals surface area contributed by atoms with E-state index < -0.39 is 12.0 Å². The number of primary amides is 1. The Labute approximate surface area is 75.4 Å². The lowest BCUT2D eigenvalue weighted by atomic mass is 10.3. The summed E-state index contributed by atoms with van der Waals surface area (Å²) in [6, 6.07) is 4.16. The fourth-order valence-electron chi connectivity index (χ4n) is 1.01. The summed E-state index contributed by atoms with van der Waals surface area (Å²) in [7, 11) is 0. The van der Waals surface area contributed by atoms with Gasteiger partial charge in [0, 0.05) is 12.3 Å². The predicted octanol–water partition coefficient (Wildman–Crippen LogP) is -1.26. The topological polar surface area (TPSA) is 88.5 Å². The molecule has 0 bridgehead atoms. The molecule has 4 N–H and O–H groups in total. The number of aliphatic hydroxyl groups is 2. The van der Waals surface area contributed by atoms with Crippen LogP contribution in [0.3, 0.4) is 0 Å². The average Bonchev–Trinajstić information content (AvgIpc) is 2.52. The highest BCUT2D eigenvalue weighted by atomic mass is 16.3. The van der Waals surface area contributed by atoms with Gasteiger partial charge in [-0.25, -0.2) is 0 Å². The minimum absolute atomic E-state index is 0.137. The molecule has 13 heavy (non-hydrogen) atoms. The molecule has 0 saturated carbocycles. The number of nitrogens with two attached hydrogens (primary N) is 1. The van der Waals surface area contributed by atoms with E-state index in [0.717, 1.165) is 0 Å². The van der Waals surface area contributed by atoms with Crippen LogP contribution < -0.4 is 5.73 Å². The zero-order valence-electron chi connectivity index (χ0n) is 6.97. The van der Waals surface area contributed by atoms with Crippen molar-refractivity contribution in [2.75, 3.05) is 6.61 Å². The zero-order valence-corrected chi connectivity index (χ0v) is 6.97. The molecule has 1 aromatic heterocycles. The predicted molar refractivity (Wildman–Crippen MR) is 44.9 cm³/mol. The minimum atomic E-state index is -0.890. The zero-order chi connectivity index (χ0) is 9.84. The molecule has 1 heterocycles. The van der Waals surface area contributed by atoms with Gasteiger partial charge < -0.3 is 20.5 Å². The molecular formula is C8H11N2O3. The summed E-state index contributed by atoms with van der Waals surface area (Å²) in [6.07, 6.45) is 0.679. The molecule has 1 atom stereocenters. The normalized spacial score (nSPS) is 12.8. The fourth-order valence-corrected chi connectivity index (χ4v) is 1.01. The first-order valence-corrected chi connectivity index (χ1v) is 3.80. The van der Waals surface area contributed by atoms with E-state index in [1.165, 1.54) is 10.6 Å². The van der Waals surface area contributed by atoms with Gasteiger partial charge in [0.25, 0.3) is 5.91 Å². The Morgan fingerprint density at radius 2 is 2.46 bits per heavy atom. The van der Waals surface area contributed by atoms with Gasteiger partial charge in [0.15, 0.2) is 0 Å². The maximum absolute atomic E-state index is 10.8. The van der Waals surface area contributed by atoms with Crippen LogP contribution in [0.15, 0.2) is 12.3 Å². The van der Waals surface area contributed by atoms with Crippen LogP contribution in [0.25, 0.3) is 0 Å². The van der Waals surface area contributed by atoms with Gasteiger partial charge in [-0.2, -0.15) is 0 Å². The molecule has 0 fully saturated rings. The number of hydrogen-bond acceptors (Lipinski definition) is 3. The lowest BCUT2D eigenvalue weighted by Gasteiger charge is -2.10. The second-order valence-electron chi connectivity index (χ2n) is 2.66. The van der Waals surface area contributed by atoms with Crippen LogP contribution in [0.4, 0.5) is 0 Å². The molecule has 1 radical (unpaired) electrons. The van der Waals surface area contributed by atoms with Crippen LogP contribution in [-0.2, 0) is 6.54 Å². The van der Waals surface area contributed by atoms with Crippen molar-refractivity contribution in [2.45, 2.75) is 12.6 Å². The highest BCUT2D eigenvalue weighted by molar-refractivity contribution is 5.90. The van der Waals surface area contributed by atoms with E-state index in [1.54, 1.807) is 6.20 Å². The van der Waals surface area contributed by atoms with Crippen molar-refractivity contribution in [2.24, 2.45) is 5.73 Å². The van der Waals surface area contributed by atoms with Gasteiger partial charge in [-0.15, -0.1) is 0 Å². The monoisotopic (exact) mass is 183 g/mol. The van der Waals surface area contributed by atoms with Gasteiger partial charge in [0.05, 0.1) is 19.3 Å². The molecular weight excluding hydrogens is 172 g/mol. The van der Waals surface area contributed by atoms with E-state index in [1.807, 2.05) is 0 Å². The lowest BCUT2D eigenvalue weighted by Crippen LogP contribution is -2.24.